The second kappa shape index (κ2) is 8.13. The molecule has 1 unspecified atom stereocenters. The predicted octanol–water partition coefficient (Wildman–Crippen LogP) is 3.14. The lowest BCUT2D eigenvalue weighted by molar-refractivity contribution is -0.387. The Hall–Kier alpha value is -3.34. The lowest BCUT2D eigenvalue weighted by Gasteiger charge is -2.12. The number of benzene rings is 2. The fourth-order valence-corrected chi connectivity index (χ4v) is 3.09. The second-order valence-corrected chi connectivity index (χ2v) is 7.19. The molecule has 3 rings (SSSR count). The molecule has 0 aliphatic carbocycles. The van der Waals surface area contributed by atoms with Gasteiger partial charge in [0.05, 0.1) is 15.9 Å². The summed E-state index contributed by atoms with van der Waals surface area (Å²) in [6.07, 6.45) is 0. The Labute approximate surface area is 163 Å². The van der Waals surface area contributed by atoms with Crippen LogP contribution >= 0.6 is 11.8 Å². The number of hydrogen-bond acceptors (Lipinski definition) is 7. The van der Waals surface area contributed by atoms with E-state index in [0.29, 0.717) is 5.16 Å². The highest BCUT2D eigenvalue weighted by atomic mass is 32.2. The van der Waals surface area contributed by atoms with Gasteiger partial charge in [0.25, 0.3) is 0 Å². The van der Waals surface area contributed by atoms with Gasteiger partial charge in [-0.2, -0.15) is 9.07 Å². The molecule has 0 saturated heterocycles. The van der Waals surface area contributed by atoms with Crippen molar-refractivity contribution in [1.82, 2.24) is 20.2 Å². The fraction of sp³-hybridized carbons (Fsp3) is 0.176. The third kappa shape index (κ3) is 4.31. The minimum atomic E-state index is -0.970. The van der Waals surface area contributed by atoms with Crippen LogP contribution in [0.15, 0.2) is 47.6 Å². The molecular formula is C17H15FN6O3S. The van der Waals surface area contributed by atoms with Gasteiger partial charge in [-0.15, -0.1) is 5.10 Å². The molecule has 0 saturated carbocycles. The van der Waals surface area contributed by atoms with Crippen LogP contribution in [0.5, 0.6) is 0 Å². The van der Waals surface area contributed by atoms with Crippen molar-refractivity contribution in [2.45, 2.75) is 24.3 Å². The minimum Gasteiger partial charge on any atom is -0.325 e. The van der Waals surface area contributed by atoms with Gasteiger partial charge in [0.1, 0.15) is 0 Å². The number of halogens is 1. The Kier molecular flexibility index (Phi) is 5.64. The van der Waals surface area contributed by atoms with Crippen LogP contribution in [-0.4, -0.2) is 36.3 Å². The molecule has 0 aliphatic rings. The highest BCUT2D eigenvalue weighted by Gasteiger charge is 2.21. The number of nitro benzene ring substituents is 1. The summed E-state index contributed by atoms with van der Waals surface area (Å²) in [4.78, 5) is 22.4. The zero-order valence-electron chi connectivity index (χ0n) is 14.9. The van der Waals surface area contributed by atoms with Crippen molar-refractivity contribution in [3.8, 4) is 5.69 Å². The molecule has 1 N–H and O–H groups in total. The molecule has 0 spiro atoms. The highest BCUT2D eigenvalue weighted by molar-refractivity contribution is 8.00. The molecule has 11 heteroatoms. The van der Waals surface area contributed by atoms with E-state index < -0.39 is 27.6 Å². The SMILES string of the molecule is Cc1ccc(-n2nnnc2SC(C)C(=O)Nc2ccc(F)c([N+](=O)[O-])c2)cc1. The van der Waals surface area contributed by atoms with Crippen molar-refractivity contribution in [2.24, 2.45) is 0 Å². The molecule has 144 valence electrons. The first-order valence-electron chi connectivity index (χ1n) is 8.12. The molecular weight excluding hydrogens is 387 g/mol. The Morgan fingerprint density at radius 2 is 2.00 bits per heavy atom. The lowest BCUT2D eigenvalue weighted by Crippen LogP contribution is -2.23. The summed E-state index contributed by atoms with van der Waals surface area (Å²) in [5, 5.41) is 24.7. The van der Waals surface area contributed by atoms with Gasteiger partial charge in [-0.1, -0.05) is 29.5 Å². The Morgan fingerprint density at radius 1 is 1.29 bits per heavy atom. The largest absolute Gasteiger partial charge is 0.325 e. The van der Waals surface area contributed by atoms with Crippen molar-refractivity contribution < 1.29 is 14.1 Å². The van der Waals surface area contributed by atoms with E-state index >= 15 is 0 Å². The molecule has 0 aliphatic heterocycles. The number of nitrogens with one attached hydrogen (secondary N) is 1. The first-order chi connectivity index (χ1) is 13.3. The maximum Gasteiger partial charge on any atom is 0.306 e. The first kappa shape index (κ1) is 19.4. The molecule has 28 heavy (non-hydrogen) atoms. The van der Waals surface area contributed by atoms with Crippen LogP contribution in [0, 0.1) is 22.9 Å². The summed E-state index contributed by atoms with van der Waals surface area (Å²) in [6.45, 7) is 3.61. The zero-order chi connectivity index (χ0) is 20.3. The average molecular weight is 402 g/mol. The van der Waals surface area contributed by atoms with Gasteiger partial charge < -0.3 is 5.32 Å². The molecule has 1 aromatic heterocycles. The van der Waals surface area contributed by atoms with Crippen LogP contribution in [-0.2, 0) is 4.79 Å². The maximum absolute atomic E-state index is 13.4. The monoisotopic (exact) mass is 402 g/mol. The molecule has 2 aromatic carbocycles. The molecule has 1 amide bonds. The van der Waals surface area contributed by atoms with Gasteiger partial charge in [-0.25, -0.2) is 0 Å². The third-order valence-electron chi connectivity index (χ3n) is 3.78. The van der Waals surface area contributed by atoms with Crippen molar-refractivity contribution in [3.63, 3.8) is 0 Å². The summed E-state index contributed by atoms with van der Waals surface area (Å²) in [5.41, 5.74) is 1.26. The molecule has 1 heterocycles. The number of rotatable bonds is 6. The number of aryl methyl sites for hydroxylation is 1. The number of tetrazole rings is 1. The quantitative estimate of drug-likeness (QED) is 0.382. The van der Waals surface area contributed by atoms with E-state index in [1.807, 2.05) is 31.2 Å². The standard InChI is InChI=1S/C17H15FN6O3S/c1-10-3-6-13(7-4-10)23-17(20-21-22-23)28-11(2)16(25)19-12-5-8-14(18)15(9-12)24(26)27/h3-9,11H,1-2H3,(H,19,25). The van der Waals surface area contributed by atoms with Gasteiger partial charge >= 0.3 is 5.69 Å². The minimum absolute atomic E-state index is 0.128. The molecule has 0 bridgehead atoms. The van der Waals surface area contributed by atoms with Crippen LogP contribution in [0.4, 0.5) is 15.8 Å². The van der Waals surface area contributed by atoms with Crippen molar-refractivity contribution >= 4 is 29.0 Å². The van der Waals surface area contributed by atoms with Crippen molar-refractivity contribution in [3.05, 3.63) is 64.0 Å². The molecule has 9 nitrogen and oxygen atoms in total. The lowest BCUT2D eigenvalue weighted by atomic mass is 10.2. The summed E-state index contributed by atoms with van der Waals surface area (Å²) in [5.74, 6) is -1.40. The van der Waals surface area contributed by atoms with E-state index in [1.54, 1.807) is 6.92 Å². The van der Waals surface area contributed by atoms with Gasteiger partial charge in [-0.3, -0.25) is 14.9 Å². The first-order valence-corrected chi connectivity index (χ1v) is 9.00. The number of amides is 1. The van der Waals surface area contributed by atoms with Crippen LogP contribution in [0.25, 0.3) is 5.69 Å². The number of carbonyl (C=O) groups is 1. The Morgan fingerprint density at radius 3 is 2.68 bits per heavy atom. The van der Waals surface area contributed by atoms with Crippen LogP contribution in [0.3, 0.4) is 0 Å². The number of nitro groups is 1. The fourth-order valence-electron chi connectivity index (χ4n) is 2.29. The van der Waals surface area contributed by atoms with Gasteiger partial charge in [0, 0.05) is 11.8 Å². The second-order valence-electron chi connectivity index (χ2n) is 5.88. The van der Waals surface area contributed by atoms with E-state index in [2.05, 4.69) is 20.8 Å². The maximum atomic E-state index is 13.4. The number of carbonyl (C=O) groups excluding carboxylic acids is 1. The van der Waals surface area contributed by atoms with Gasteiger partial charge in [0.15, 0.2) is 0 Å². The van der Waals surface area contributed by atoms with E-state index in [9.17, 15) is 19.3 Å². The number of nitrogens with zero attached hydrogens (tertiary/aromatic N) is 5. The number of thioether (sulfide) groups is 1. The summed E-state index contributed by atoms with van der Waals surface area (Å²) >= 11 is 1.12. The van der Waals surface area contributed by atoms with E-state index in [4.69, 9.17) is 0 Å². The smallest absolute Gasteiger partial charge is 0.306 e. The highest BCUT2D eigenvalue weighted by Crippen LogP contribution is 2.26. The van der Waals surface area contributed by atoms with Gasteiger partial charge in [0.2, 0.25) is 16.9 Å². The van der Waals surface area contributed by atoms with Gasteiger partial charge in [-0.05, 0) is 48.5 Å². The zero-order valence-corrected chi connectivity index (χ0v) is 15.7. The number of aromatic nitrogens is 4. The summed E-state index contributed by atoms with van der Waals surface area (Å²) in [6, 6.07) is 10.7. The van der Waals surface area contributed by atoms with Crippen LogP contribution < -0.4 is 5.32 Å². The molecule has 1 atom stereocenters. The summed E-state index contributed by atoms with van der Waals surface area (Å²) < 4.78 is 14.9. The van der Waals surface area contributed by atoms with Crippen LogP contribution in [0.1, 0.15) is 12.5 Å². The number of anilines is 1. The van der Waals surface area contributed by atoms with Crippen LogP contribution in [0.2, 0.25) is 0 Å². The van der Waals surface area contributed by atoms with E-state index in [1.165, 1.54) is 10.7 Å². The molecule has 0 fully saturated rings. The van der Waals surface area contributed by atoms with E-state index in [0.717, 1.165) is 35.1 Å². The topological polar surface area (TPSA) is 116 Å². The number of hydrogen-bond donors (Lipinski definition) is 1. The molecule has 0 radical (unpaired) electrons. The Balaban J connectivity index is 1.72. The Bertz CT molecular complexity index is 1020. The normalized spacial score (nSPS) is 11.8. The summed E-state index contributed by atoms with van der Waals surface area (Å²) in [7, 11) is 0. The predicted molar refractivity (Wildman–Crippen MR) is 101 cm³/mol. The van der Waals surface area contributed by atoms with Crippen molar-refractivity contribution in [1.29, 1.82) is 0 Å². The third-order valence-corrected chi connectivity index (χ3v) is 4.81. The van der Waals surface area contributed by atoms with E-state index in [-0.39, 0.29) is 5.69 Å². The average Bonchev–Trinajstić information content (AvgIpc) is 3.11. The van der Waals surface area contributed by atoms with Crippen molar-refractivity contribution in [2.75, 3.05) is 5.32 Å². The molecule has 3 aromatic rings.